The molecule has 0 radical (unpaired) electrons. The van der Waals surface area contributed by atoms with Crippen LogP contribution in [-0.2, 0) is 0 Å². The lowest BCUT2D eigenvalue weighted by molar-refractivity contribution is 0.541. The van der Waals surface area contributed by atoms with Gasteiger partial charge < -0.3 is 0 Å². The van der Waals surface area contributed by atoms with E-state index in [2.05, 4.69) is 24.3 Å². The van der Waals surface area contributed by atoms with Crippen molar-refractivity contribution in [3.8, 4) is 0 Å². The normalized spacial score (nSPS) is 31.9. The van der Waals surface area contributed by atoms with Crippen LogP contribution in [0.1, 0.15) is 46.0 Å². The van der Waals surface area contributed by atoms with E-state index in [1.807, 2.05) is 13.8 Å². The Morgan fingerprint density at radius 3 is 2.60 bits per heavy atom. The molecule has 2 unspecified atom stereocenters. The fraction of sp³-hybridized carbons (Fsp3) is 0.600. The zero-order valence-electron chi connectivity index (χ0n) is 10.00. The second-order valence-corrected chi connectivity index (χ2v) is 4.51. The highest BCUT2D eigenvalue weighted by atomic mass is 14.3. The Morgan fingerprint density at radius 2 is 1.80 bits per heavy atom. The van der Waals surface area contributed by atoms with Gasteiger partial charge in [-0.05, 0) is 48.7 Å². The van der Waals surface area contributed by atoms with Crippen LogP contribution in [0.15, 0.2) is 35.5 Å². The SMILES string of the molecule is C1=CC2=CC3CCCC3C=C2CC1.CC. The molecule has 3 aliphatic carbocycles. The summed E-state index contributed by atoms with van der Waals surface area (Å²) in [6.07, 6.45) is 16.6. The van der Waals surface area contributed by atoms with E-state index in [1.54, 1.807) is 5.57 Å². The van der Waals surface area contributed by atoms with Crippen molar-refractivity contribution in [1.29, 1.82) is 0 Å². The molecule has 0 saturated heterocycles. The highest BCUT2D eigenvalue weighted by Gasteiger charge is 2.28. The smallest absolute Gasteiger partial charge is 0.0161 e. The molecule has 0 amide bonds. The first-order valence-electron chi connectivity index (χ1n) is 6.53. The van der Waals surface area contributed by atoms with Gasteiger partial charge in [-0.25, -0.2) is 0 Å². The number of rotatable bonds is 0. The average molecular weight is 202 g/mol. The Bertz CT molecular complexity index is 304. The van der Waals surface area contributed by atoms with Gasteiger partial charge in [0.15, 0.2) is 0 Å². The average Bonchev–Trinajstić information content (AvgIpc) is 2.75. The maximum atomic E-state index is 2.57. The molecular weight excluding hydrogens is 180 g/mol. The summed E-state index contributed by atoms with van der Waals surface area (Å²) in [5.74, 6) is 1.77. The topological polar surface area (TPSA) is 0 Å². The van der Waals surface area contributed by atoms with Gasteiger partial charge in [0.05, 0.1) is 0 Å². The molecule has 0 heterocycles. The standard InChI is InChI=1S/C13H16.C2H6/c1-2-5-11-9-13-7-3-6-12(13)8-10(11)4-1;1-2/h1,4,8-9,12-13H,2-3,5-7H2;1-2H3. The Labute approximate surface area is 93.8 Å². The monoisotopic (exact) mass is 202 g/mol. The van der Waals surface area contributed by atoms with E-state index >= 15 is 0 Å². The molecule has 1 saturated carbocycles. The maximum Gasteiger partial charge on any atom is -0.0161 e. The molecule has 2 atom stereocenters. The number of allylic oxidation sites excluding steroid dienone is 6. The van der Waals surface area contributed by atoms with E-state index in [-0.39, 0.29) is 0 Å². The van der Waals surface area contributed by atoms with Gasteiger partial charge >= 0.3 is 0 Å². The van der Waals surface area contributed by atoms with Crippen LogP contribution in [0.4, 0.5) is 0 Å². The van der Waals surface area contributed by atoms with Crippen LogP contribution in [0.3, 0.4) is 0 Å². The summed E-state index contributed by atoms with van der Waals surface area (Å²) in [5, 5.41) is 0. The van der Waals surface area contributed by atoms with Gasteiger partial charge in [0.25, 0.3) is 0 Å². The summed E-state index contributed by atoms with van der Waals surface area (Å²) < 4.78 is 0. The Hall–Kier alpha value is -0.780. The summed E-state index contributed by atoms with van der Waals surface area (Å²) in [5.41, 5.74) is 3.17. The third-order valence-corrected chi connectivity index (χ3v) is 3.68. The molecule has 0 spiro atoms. The molecule has 0 nitrogen and oxygen atoms in total. The molecule has 82 valence electrons. The fourth-order valence-electron chi connectivity index (χ4n) is 2.96. The van der Waals surface area contributed by atoms with Crippen molar-refractivity contribution in [1.82, 2.24) is 0 Å². The molecule has 0 aromatic carbocycles. The van der Waals surface area contributed by atoms with Crippen molar-refractivity contribution < 1.29 is 0 Å². The highest BCUT2D eigenvalue weighted by molar-refractivity contribution is 5.45. The lowest BCUT2D eigenvalue weighted by Crippen LogP contribution is -2.11. The van der Waals surface area contributed by atoms with Gasteiger partial charge in [-0.15, -0.1) is 0 Å². The number of hydrogen-bond acceptors (Lipinski definition) is 0. The summed E-state index contributed by atoms with van der Waals surface area (Å²) in [7, 11) is 0. The van der Waals surface area contributed by atoms with Gasteiger partial charge in [0.1, 0.15) is 0 Å². The first-order valence-corrected chi connectivity index (χ1v) is 6.53. The maximum absolute atomic E-state index is 2.57. The third-order valence-electron chi connectivity index (χ3n) is 3.68. The van der Waals surface area contributed by atoms with Crippen LogP contribution in [0, 0.1) is 11.8 Å². The van der Waals surface area contributed by atoms with Crippen molar-refractivity contribution in [2.75, 3.05) is 0 Å². The van der Waals surface area contributed by atoms with Gasteiger partial charge in [-0.1, -0.05) is 44.6 Å². The van der Waals surface area contributed by atoms with Gasteiger partial charge in [-0.2, -0.15) is 0 Å². The minimum absolute atomic E-state index is 0.876. The van der Waals surface area contributed by atoms with E-state index < -0.39 is 0 Å². The predicted molar refractivity (Wildman–Crippen MR) is 66.7 cm³/mol. The number of fused-ring (bicyclic) bond motifs is 2. The minimum Gasteiger partial charge on any atom is -0.0836 e. The fourth-order valence-corrected chi connectivity index (χ4v) is 2.96. The Kier molecular flexibility index (Phi) is 3.45. The molecule has 0 bridgehead atoms. The van der Waals surface area contributed by atoms with E-state index in [0.717, 1.165) is 11.8 Å². The minimum atomic E-state index is 0.876. The van der Waals surface area contributed by atoms with Crippen molar-refractivity contribution in [3.05, 3.63) is 35.5 Å². The highest BCUT2D eigenvalue weighted by Crippen LogP contribution is 2.41. The quantitative estimate of drug-likeness (QED) is 0.536. The van der Waals surface area contributed by atoms with Crippen molar-refractivity contribution in [2.45, 2.75) is 46.0 Å². The number of hydrogen-bond donors (Lipinski definition) is 0. The molecule has 0 aromatic heterocycles. The summed E-state index contributed by atoms with van der Waals surface area (Å²) in [6.45, 7) is 4.00. The third kappa shape index (κ3) is 2.09. The van der Waals surface area contributed by atoms with Crippen molar-refractivity contribution in [3.63, 3.8) is 0 Å². The molecule has 0 heteroatoms. The second-order valence-electron chi connectivity index (χ2n) is 4.51. The first-order chi connectivity index (χ1) is 7.43. The van der Waals surface area contributed by atoms with Crippen molar-refractivity contribution in [2.24, 2.45) is 11.8 Å². The molecule has 3 aliphatic rings. The molecule has 0 aromatic rings. The molecule has 3 rings (SSSR count). The summed E-state index contributed by atoms with van der Waals surface area (Å²) >= 11 is 0. The first kappa shape index (κ1) is 10.7. The summed E-state index contributed by atoms with van der Waals surface area (Å²) in [4.78, 5) is 0. The van der Waals surface area contributed by atoms with Gasteiger partial charge in [0.2, 0.25) is 0 Å². The van der Waals surface area contributed by atoms with E-state index in [1.165, 1.54) is 37.7 Å². The lowest BCUT2D eigenvalue weighted by Gasteiger charge is -2.24. The molecule has 1 fully saturated rings. The van der Waals surface area contributed by atoms with Crippen LogP contribution in [-0.4, -0.2) is 0 Å². The van der Waals surface area contributed by atoms with Crippen LogP contribution >= 0.6 is 0 Å². The van der Waals surface area contributed by atoms with Crippen LogP contribution in [0.2, 0.25) is 0 Å². The van der Waals surface area contributed by atoms with E-state index in [0.29, 0.717) is 0 Å². The predicted octanol–water partition coefficient (Wildman–Crippen LogP) is 4.65. The molecular formula is C15H22. The zero-order chi connectivity index (χ0) is 10.7. The van der Waals surface area contributed by atoms with Gasteiger partial charge in [0, 0.05) is 0 Å². The molecule has 0 aliphatic heterocycles. The lowest BCUT2D eigenvalue weighted by atomic mass is 9.81. The zero-order valence-corrected chi connectivity index (χ0v) is 10.00. The molecule has 15 heavy (non-hydrogen) atoms. The second kappa shape index (κ2) is 4.83. The van der Waals surface area contributed by atoms with Crippen LogP contribution in [0.5, 0.6) is 0 Å². The van der Waals surface area contributed by atoms with Crippen LogP contribution < -0.4 is 0 Å². The van der Waals surface area contributed by atoms with Gasteiger partial charge in [-0.3, -0.25) is 0 Å². The van der Waals surface area contributed by atoms with Crippen LogP contribution in [0.25, 0.3) is 0 Å². The van der Waals surface area contributed by atoms with Crippen molar-refractivity contribution >= 4 is 0 Å². The Balaban J connectivity index is 0.000000404. The van der Waals surface area contributed by atoms with E-state index in [4.69, 9.17) is 0 Å². The summed E-state index contributed by atoms with van der Waals surface area (Å²) in [6, 6.07) is 0. The largest absolute Gasteiger partial charge is 0.0836 e. The van der Waals surface area contributed by atoms with E-state index in [9.17, 15) is 0 Å². The molecule has 0 N–H and O–H groups in total. The Morgan fingerprint density at radius 1 is 1.07 bits per heavy atom.